The quantitative estimate of drug-likeness (QED) is 0.557. The molecule has 0 aliphatic carbocycles. The Balaban J connectivity index is 2.45. The predicted molar refractivity (Wildman–Crippen MR) is 45.5 cm³/mol. The summed E-state index contributed by atoms with van der Waals surface area (Å²) in [7, 11) is 0. The summed E-state index contributed by atoms with van der Waals surface area (Å²) in [5, 5.41) is 14.4. The maximum Gasteiger partial charge on any atom is 0.325 e. The van der Waals surface area contributed by atoms with Gasteiger partial charge in [-0.1, -0.05) is 0 Å². The molecule has 0 amide bonds. The summed E-state index contributed by atoms with van der Waals surface area (Å²) >= 11 is 0. The van der Waals surface area contributed by atoms with Crippen LogP contribution in [-0.2, 0) is 4.79 Å². The van der Waals surface area contributed by atoms with E-state index in [-0.39, 0.29) is 0 Å². The van der Waals surface area contributed by atoms with E-state index < -0.39 is 12.0 Å². The number of nitrogens with one attached hydrogen (secondary N) is 2. The minimum absolute atomic E-state index is 0.543. The number of carboxylic acids is 1. The van der Waals surface area contributed by atoms with Gasteiger partial charge in [0.25, 0.3) is 0 Å². The van der Waals surface area contributed by atoms with Gasteiger partial charge in [-0.05, 0) is 25.3 Å². The lowest BCUT2D eigenvalue weighted by molar-refractivity contribution is -0.138. The summed E-state index contributed by atoms with van der Waals surface area (Å²) in [5.41, 5.74) is 0.851. The first kappa shape index (κ1) is 8.64. The van der Waals surface area contributed by atoms with Crippen molar-refractivity contribution in [3.63, 3.8) is 0 Å². The average molecular weight is 168 g/mol. The second-order valence-electron chi connectivity index (χ2n) is 2.61. The van der Waals surface area contributed by atoms with Crippen LogP contribution in [0.1, 0.15) is 6.92 Å². The second-order valence-corrected chi connectivity index (χ2v) is 2.61. The van der Waals surface area contributed by atoms with Crippen molar-refractivity contribution in [2.75, 3.05) is 6.54 Å². The molecule has 1 aliphatic heterocycles. The van der Waals surface area contributed by atoms with Gasteiger partial charge in [-0.2, -0.15) is 0 Å². The summed E-state index contributed by atoms with van der Waals surface area (Å²) < 4.78 is 0. The monoisotopic (exact) mass is 168 g/mol. The van der Waals surface area contributed by atoms with Crippen LogP contribution in [0.25, 0.3) is 0 Å². The van der Waals surface area contributed by atoms with E-state index in [1.165, 1.54) is 0 Å². The maximum atomic E-state index is 10.4. The van der Waals surface area contributed by atoms with Crippen molar-refractivity contribution in [3.8, 4) is 0 Å². The number of aliphatic carboxylic acids is 1. The molecule has 1 atom stereocenters. The molecule has 4 heteroatoms. The van der Waals surface area contributed by atoms with E-state index in [0.29, 0.717) is 0 Å². The lowest BCUT2D eigenvalue weighted by Gasteiger charge is -2.14. The van der Waals surface area contributed by atoms with Crippen molar-refractivity contribution in [1.82, 2.24) is 10.6 Å². The molecule has 0 aromatic carbocycles. The van der Waals surface area contributed by atoms with Crippen molar-refractivity contribution < 1.29 is 9.90 Å². The fraction of sp³-hybridized carbons (Fsp3) is 0.375. The lowest BCUT2D eigenvalue weighted by Crippen LogP contribution is -2.33. The van der Waals surface area contributed by atoms with Gasteiger partial charge in [-0.3, -0.25) is 4.79 Å². The van der Waals surface area contributed by atoms with Crippen LogP contribution in [0.4, 0.5) is 0 Å². The molecule has 1 rings (SSSR count). The lowest BCUT2D eigenvalue weighted by atomic mass is 10.2. The normalized spacial score (nSPS) is 17.6. The first-order valence-corrected chi connectivity index (χ1v) is 3.79. The predicted octanol–water partition coefficient (Wildman–Crippen LogP) is 0.0499. The average Bonchev–Trinajstić information content (AvgIpc) is 2.06. The van der Waals surface area contributed by atoms with Crippen LogP contribution in [-0.4, -0.2) is 23.7 Å². The number of carboxylic acid groups (broad SMARTS) is 1. The number of hydrogen-bond donors (Lipinski definition) is 3. The first-order valence-electron chi connectivity index (χ1n) is 3.79. The molecule has 66 valence electrons. The third-order valence-corrected chi connectivity index (χ3v) is 1.57. The molecule has 0 saturated carbocycles. The van der Waals surface area contributed by atoms with E-state index in [0.717, 1.165) is 12.2 Å². The summed E-state index contributed by atoms with van der Waals surface area (Å²) in [6.45, 7) is 2.35. The smallest absolute Gasteiger partial charge is 0.325 e. The van der Waals surface area contributed by atoms with Gasteiger partial charge in [0.05, 0.1) is 0 Å². The molecule has 3 N–H and O–H groups in total. The fourth-order valence-electron chi connectivity index (χ4n) is 0.872. The van der Waals surface area contributed by atoms with Crippen LogP contribution in [0, 0.1) is 0 Å². The van der Waals surface area contributed by atoms with Gasteiger partial charge in [0.1, 0.15) is 6.04 Å². The fourth-order valence-corrected chi connectivity index (χ4v) is 0.872. The molecule has 0 fully saturated rings. The standard InChI is InChI=1S/C8H12N2O2/c1-6(8(11)12)10-7-2-4-9-5-3-7/h2-4,6,9-10H,5H2,1H3,(H,11,12)/t6-/m0/s1. The highest BCUT2D eigenvalue weighted by Gasteiger charge is 2.10. The Morgan fingerprint density at radius 2 is 2.58 bits per heavy atom. The van der Waals surface area contributed by atoms with Gasteiger partial charge in [0, 0.05) is 12.2 Å². The highest BCUT2D eigenvalue weighted by molar-refractivity contribution is 5.73. The van der Waals surface area contributed by atoms with Crippen molar-refractivity contribution >= 4 is 5.97 Å². The summed E-state index contributed by atoms with van der Waals surface area (Å²) in [6, 6.07) is -0.543. The van der Waals surface area contributed by atoms with Crippen LogP contribution in [0.3, 0.4) is 0 Å². The number of rotatable bonds is 3. The van der Waals surface area contributed by atoms with Gasteiger partial charge in [-0.15, -0.1) is 0 Å². The number of hydrogen-bond acceptors (Lipinski definition) is 3. The molecule has 4 nitrogen and oxygen atoms in total. The highest BCUT2D eigenvalue weighted by Crippen LogP contribution is 1.97. The number of dihydropyridines is 1. The zero-order chi connectivity index (χ0) is 8.97. The second kappa shape index (κ2) is 3.80. The topological polar surface area (TPSA) is 61.4 Å². The van der Waals surface area contributed by atoms with E-state index in [4.69, 9.17) is 5.11 Å². The molecular weight excluding hydrogens is 156 g/mol. The SMILES string of the molecule is C[C@H](NC1=CCNC=C1)C(=O)O. The molecule has 0 aromatic heterocycles. The number of allylic oxidation sites excluding steroid dienone is 1. The molecule has 1 heterocycles. The molecule has 0 radical (unpaired) electrons. The maximum absolute atomic E-state index is 10.4. The van der Waals surface area contributed by atoms with E-state index in [1.807, 2.05) is 12.2 Å². The van der Waals surface area contributed by atoms with Crippen LogP contribution in [0.5, 0.6) is 0 Å². The molecule has 0 bridgehead atoms. The van der Waals surface area contributed by atoms with E-state index >= 15 is 0 Å². The van der Waals surface area contributed by atoms with Crippen LogP contribution < -0.4 is 10.6 Å². The zero-order valence-corrected chi connectivity index (χ0v) is 6.87. The van der Waals surface area contributed by atoms with Gasteiger partial charge in [-0.25, -0.2) is 0 Å². The third-order valence-electron chi connectivity index (χ3n) is 1.57. The van der Waals surface area contributed by atoms with Gasteiger partial charge < -0.3 is 15.7 Å². The van der Waals surface area contributed by atoms with E-state index in [2.05, 4.69) is 10.6 Å². The summed E-state index contributed by atoms with van der Waals surface area (Å²) in [4.78, 5) is 10.4. The van der Waals surface area contributed by atoms with E-state index in [1.54, 1.807) is 13.1 Å². The molecule has 1 aliphatic rings. The van der Waals surface area contributed by atoms with Gasteiger partial charge >= 0.3 is 5.97 Å². The Labute approximate surface area is 71.0 Å². The minimum atomic E-state index is -0.845. The largest absolute Gasteiger partial charge is 0.480 e. The zero-order valence-electron chi connectivity index (χ0n) is 6.87. The van der Waals surface area contributed by atoms with Crippen molar-refractivity contribution in [2.24, 2.45) is 0 Å². The van der Waals surface area contributed by atoms with Gasteiger partial charge in [0.2, 0.25) is 0 Å². The van der Waals surface area contributed by atoms with E-state index in [9.17, 15) is 4.79 Å². The highest BCUT2D eigenvalue weighted by atomic mass is 16.4. The molecule has 0 saturated heterocycles. The number of carbonyl (C=O) groups is 1. The Kier molecular flexibility index (Phi) is 2.74. The molecular formula is C8H12N2O2. The van der Waals surface area contributed by atoms with Crippen molar-refractivity contribution in [3.05, 3.63) is 24.0 Å². The molecule has 0 aromatic rings. The van der Waals surface area contributed by atoms with Crippen LogP contribution in [0.2, 0.25) is 0 Å². The molecule has 0 unspecified atom stereocenters. The first-order chi connectivity index (χ1) is 5.70. The summed E-state index contributed by atoms with van der Waals surface area (Å²) in [6.07, 6.45) is 5.50. The third kappa shape index (κ3) is 2.30. The Hall–Kier alpha value is -1.45. The Morgan fingerprint density at radius 1 is 1.83 bits per heavy atom. The van der Waals surface area contributed by atoms with Crippen molar-refractivity contribution in [2.45, 2.75) is 13.0 Å². The molecule has 12 heavy (non-hydrogen) atoms. The van der Waals surface area contributed by atoms with Crippen molar-refractivity contribution in [1.29, 1.82) is 0 Å². The Morgan fingerprint density at radius 3 is 3.08 bits per heavy atom. The minimum Gasteiger partial charge on any atom is -0.480 e. The summed E-state index contributed by atoms with van der Waals surface area (Å²) in [5.74, 6) is -0.845. The van der Waals surface area contributed by atoms with Crippen LogP contribution >= 0.6 is 0 Å². The van der Waals surface area contributed by atoms with Gasteiger partial charge in [0.15, 0.2) is 0 Å². The van der Waals surface area contributed by atoms with Crippen LogP contribution in [0.15, 0.2) is 24.0 Å². The Bertz CT molecular complexity index is 233. The molecule has 0 spiro atoms.